The van der Waals surface area contributed by atoms with Crippen molar-refractivity contribution in [3.8, 4) is 0 Å². The highest BCUT2D eigenvalue weighted by Crippen LogP contribution is 2.16. The summed E-state index contributed by atoms with van der Waals surface area (Å²) >= 11 is 0. The highest BCUT2D eigenvalue weighted by molar-refractivity contribution is 7.89. The molecule has 7 heteroatoms. The monoisotopic (exact) mass is 312 g/mol. The van der Waals surface area contributed by atoms with Gasteiger partial charge in [-0.1, -0.05) is 12.1 Å². The summed E-state index contributed by atoms with van der Waals surface area (Å²) in [5.74, 6) is -0.472. The molecule has 0 aromatic heterocycles. The first-order valence-electron chi connectivity index (χ1n) is 6.43. The lowest BCUT2D eigenvalue weighted by molar-refractivity contribution is -0.128. The Morgan fingerprint density at radius 1 is 1.24 bits per heavy atom. The van der Waals surface area contributed by atoms with E-state index >= 15 is 0 Å². The Bertz CT molecular complexity index is 651. The molecule has 6 nitrogen and oxygen atoms in total. The summed E-state index contributed by atoms with van der Waals surface area (Å²) in [5.41, 5.74) is -0.552. The molecule has 0 radical (unpaired) electrons. The first kappa shape index (κ1) is 17.3. The fourth-order valence-corrected chi connectivity index (χ4v) is 2.92. The van der Waals surface area contributed by atoms with Crippen molar-refractivity contribution in [1.29, 1.82) is 0 Å². The maximum absolute atomic E-state index is 12.2. The third kappa shape index (κ3) is 4.37. The number of benzene rings is 1. The minimum absolute atomic E-state index is 0.00269. The molecule has 0 saturated heterocycles. The zero-order valence-electron chi connectivity index (χ0n) is 12.6. The maximum Gasteiger partial charge on any atom is 0.240 e. The Hall–Kier alpha value is -1.73. The van der Waals surface area contributed by atoms with Crippen LogP contribution in [0.25, 0.3) is 0 Å². The smallest absolute Gasteiger partial charge is 0.240 e. The number of hydrogen-bond donors (Lipinski definition) is 2. The van der Waals surface area contributed by atoms with Gasteiger partial charge in [0.1, 0.15) is 0 Å². The normalized spacial score (nSPS) is 12.0. The largest absolute Gasteiger partial charge is 0.359 e. The van der Waals surface area contributed by atoms with E-state index in [2.05, 4.69) is 10.0 Å². The maximum atomic E-state index is 12.2. The van der Waals surface area contributed by atoms with Gasteiger partial charge in [0.05, 0.1) is 10.3 Å². The molecule has 21 heavy (non-hydrogen) atoms. The number of amides is 1. The highest BCUT2D eigenvalue weighted by Gasteiger charge is 2.29. The van der Waals surface area contributed by atoms with E-state index in [0.717, 1.165) is 0 Å². The minimum atomic E-state index is -3.77. The van der Waals surface area contributed by atoms with Crippen LogP contribution in [0.5, 0.6) is 0 Å². The van der Waals surface area contributed by atoms with Crippen LogP contribution < -0.4 is 10.0 Å². The van der Waals surface area contributed by atoms with Crippen LogP contribution >= 0.6 is 0 Å². The van der Waals surface area contributed by atoms with Gasteiger partial charge in [0.2, 0.25) is 15.9 Å². The Balaban J connectivity index is 2.95. The zero-order chi connectivity index (χ0) is 16.3. The molecule has 1 aromatic carbocycles. The van der Waals surface area contributed by atoms with Gasteiger partial charge in [0, 0.05) is 19.2 Å². The van der Waals surface area contributed by atoms with E-state index in [4.69, 9.17) is 0 Å². The molecule has 0 bridgehead atoms. The summed E-state index contributed by atoms with van der Waals surface area (Å²) in [5, 5.41) is 2.49. The van der Waals surface area contributed by atoms with E-state index < -0.39 is 15.4 Å². The average molecular weight is 312 g/mol. The van der Waals surface area contributed by atoms with Crippen LogP contribution in [0.15, 0.2) is 29.2 Å². The van der Waals surface area contributed by atoms with Gasteiger partial charge >= 0.3 is 0 Å². The summed E-state index contributed by atoms with van der Waals surface area (Å²) in [4.78, 5) is 22.9. The fraction of sp³-hybridized carbons (Fsp3) is 0.429. The van der Waals surface area contributed by atoms with Crippen molar-refractivity contribution in [1.82, 2.24) is 10.0 Å². The van der Waals surface area contributed by atoms with Gasteiger partial charge < -0.3 is 5.32 Å². The molecule has 1 amide bonds. The molecule has 0 aliphatic carbocycles. The highest BCUT2D eigenvalue weighted by atomic mass is 32.2. The van der Waals surface area contributed by atoms with Gasteiger partial charge in [0.15, 0.2) is 5.78 Å². The molecule has 0 atom stereocenters. The van der Waals surface area contributed by atoms with Crippen molar-refractivity contribution in [2.24, 2.45) is 5.41 Å². The molecular formula is C14H20N2O4S. The zero-order valence-corrected chi connectivity index (χ0v) is 13.4. The van der Waals surface area contributed by atoms with Crippen LogP contribution in [0.4, 0.5) is 0 Å². The van der Waals surface area contributed by atoms with Gasteiger partial charge in [-0.2, -0.15) is 0 Å². The van der Waals surface area contributed by atoms with E-state index in [-0.39, 0.29) is 23.1 Å². The molecule has 0 unspecified atom stereocenters. The number of carbonyl (C=O) groups excluding carboxylic acids is 2. The molecule has 1 rings (SSSR count). The van der Waals surface area contributed by atoms with Crippen LogP contribution in [0, 0.1) is 5.41 Å². The second-order valence-corrected chi connectivity index (χ2v) is 7.14. The summed E-state index contributed by atoms with van der Waals surface area (Å²) < 4.78 is 26.8. The lowest BCUT2D eigenvalue weighted by atomic mass is 9.93. The average Bonchev–Trinajstić information content (AvgIpc) is 2.44. The third-order valence-corrected chi connectivity index (χ3v) is 4.50. The van der Waals surface area contributed by atoms with Crippen molar-refractivity contribution in [2.45, 2.75) is 25.7 Å². The molecule has 2 N–H and O–H groups in total. The molecule has 0 aliphatic rings. The SMILES string of the molecule is CNC(=O)C(C)(C)CNS(=O)(=O)c1cccc(C(C)=O)c1. The van der Waals surface area contributed by atoms with Crippen LogP contribution in [0.3, 0.4) is 0 Å². The summed E-state index contributed by atoms with van der Waals surface area (Å²) in [6.07, 6.45) is 0. The van der Waals surface area contributed by atoms with Crippen LogP contribution in [0.2, 0.25) is 0 Å². The van der Waals surface area contributed by atoms with Crippen LogP contribution in [-0.4, -0.2) is 33.7 Å². The van der Waals surface area contributed by atoms with Gasteiger partial charge in [0.25, 0.3) is 0 Å². The number of Topliss-reactive ketones (excluding diaryl/α,β-unsaturated/α-hetero) is 1. The Labute approximate surface area is 125 Å². The minimum Gasteiger partial charge on any atom is -0.359 e. The first-order chi connectivity index (χ1) is 9.60. The number of hydrogen-bond acceptors (Lipinski definition) is 4. The third-order valence-electron chi connectivity index (χ3n) is 3.10. The van der Waals surface area contributed by atoms with Crippen LogP contribution in [-0.2, 0) is 14.8 Å². The fourth-order valence-electron chi connectivity index (χ4n) is 1.66. The number of carbonyl (C=O) groups is 2. The number of rotatable bonds is 6. The van der Waals surface area contributed by atoms with E-state index in [9.17, 15) is 18.0 Å². The Morgan fingerprint density at radius 3 is 2.38 bits per heavy atom. The Kier molecular flexibility index (Phi) is 5.25. The number of ketones is 1. The summed E-state index contributed by atoms with van der Waals surface area (Å²) in [6, 6.07) is 5.78. The second-order valence-electron chi connectivity index (χ2n) is 5.37. The molecule has 0 spiro atoms. The van der Waals surface area contributed by atoms with E-state index in [1.54, 1.807) is 19.9 Å². The molecule has 0 saturated carbocycles. The van der Waals surface area contributed by atoms with Gasteiger partial charge in [-0.15, -0.1) is 0 Å². The second kappa shape index (κ2) is 6.36. The predicted molar refractivity (Wildman–Crippen MR) is 79.5 cm³/mol. The molecule has 0 aliphatic heterocycles. The van der Waals surface area contributed by atoms with Crippen molar-refractivity contribution < 1.29 is 18.0 Å². The summed E-state index contributed by atoms with van der Waals surface area (Å²) in [6.45, 7) is 4.61. The van der Waals surface area contributed by atoms with Crippen molar-refractivity contribution in [2.75, 3.05) is 13.6 Å². The Morgan fingerprint density at radius 2 is 1.86 bits per heavy atom. The first-order valence-corrected chi connectivity index (χ1v) is 7.91. The van der Waals surface area contributed by atoms with E-state index in [1.165, 1.54) is 32.2 Å². The molecule has 0 heterocycles. The topological polar surface area (TPSA) is 92.3 Å². The van der Waals surface area contributed by atoms with Gasteiger partial charge in [-0.25, -0.2) is 13.1 Å². The molecular weight excluding hydrogens is 292 g/mol. The lowest BCUT2D eigenvalue weighted by Crippen LogP contribution is -2.43. The van der Waals surface area contributed by atoms with Gasteiger partial charge in [-0.3, -0.25) is 9.59 Å². The molecule has 0 fully saturated rings. The van der Waals surface area contributed by atoms with Crippen molar-refractivity contribution in [3.05, 3.63) is 29.8 Å². The van der Waals surface area contributed by atoms with E-state index in [0.29, 0.717) is 5.56 Å². The van der Waals surface area contributed by atoms with Gasteiger partial charge in [-0.05, 0) is 32.9 Å². The van der Waals surface area contributed by atoms with Crippen molar-refractivity contribution in [3.63, 3.8) is 0 Å². The number of nitrogens with one attached hydrogen (secondary N) is 2. The van der Waals surface area contributed by atoms with Crippen molar-refractivity contribution >= 4 is 21.7 Å². The molecule has 1 aromatic rings. The molecule has 116 valence electrons. The predicted octanol–water partition coefficient (Wildman–Crippen LogP) is 0.940. The van der Waals surface area contributed by atoms with Crippen LogP contribution in [0.1, 0.15) is 31.1 Å². The quantitative estimate of drug-likeness (QED) is 0.765. The summed E-state index contributed by atoms with van der Waals surface area (Å²) in [7, 11) is -2.28. The van der Waals surface area contributed by atoms with E-state index in [1.807, 2.05) is 0 Å². The standard InChI is InChI=1S/C14H20N2O4S/c1-10(17)11-6-5-7-12(8-11)21(19,20)16-9-14(2,3)13(18)15-4/h5-8,16H,9H2,1-4H3,(H,15,18). The number of sulfonamides is 1. The lowest BCUT2D eigenvalue weighted by Gasteiger charge is -2.22.